The smallest absolute Gasteiger partial charge is 0.341 e. The Bertz CT molecular complexity index is 1250. The van der Waals surface area contributed by atoms with Crippen molar-refractivity contribution >= 4 is 45.9 Å². The lowest BCUT2D eigenvalue weighted by molar-refractivity contribution is -0.113. The van der Waals surface area contributed by atoms with Gasteiger partial charge >= 0.3 is 5.97 Å². The van der Waals surface area contributed by atoms with Crippen LogP contribution >= 0.6 is 23.1 Å². The molecule has 0 saturated carbocycles. The number of ether oxygens (including phenoxy) is 3. The molecule has 2 amide bonds. The largest absolute Gasteiger partial charge is 0.497 e. The SMILES string of the molecule is COC(=O)c1c(NC(=O)CSc2nnc(COc3ccc(OC)cc3)n2C)sc(C(=O)N(C)C)c1C. The van der Waals surface area contributed by atoms with Crippen LogP contribution in [0.5, 0.6) is 11.5 Å². The Labute approximate surface area is 216 Å². The molecule has 0 bridgehead atoms. The van der Waals surface area contributed by atoms with Crippen LogP contribution in [-0.2, 0) is 23.2 Å². The summed E-state index contributed by atoms with van der Waals surface area (Å²) in [7, 11) is 7.86. The molecular weight excluding hydrogens is 506 g/mol. The van der Waals surface area contributed by atoms with Crippen LogP contribution in [0.3, 0.4) is 0 Å². The fourth-order valence-electron chi connectivity index (χ4n) is 3.07. The van der Waals surface area contributed by atoms with Crippen LogP contribution in [0.2, 0.25) is 0 Å². The number of rotatable bonds is 10. The van der Waals surface area contributed by atoms with E-state index in [2.05, 4.69) is 15.5 Å². The third kappa shape index (κ3) is 6.15. The highest BCUT2D eigenvalue weighted by Crippen LogP contribution is 2.34. The topological polar surface area (TPSA) is 125 Å². The second-order valence-electron chi connectivity index (χ2n) is 7.71. The van der Waals surface area contributed by atoms with Gasteiger partial charge in [0.15, 0.2) is 11.0 Å². The van der Waals surface area contributed by atoms with Crippen molar-refractivity contribution < 1.29 is 28.6 Å². The molecule has 0 fully saturated rings. The molecule has 11 nitrogen and oxygen atoms in total. The summed E-state index contributed by atoms with van der Waals surface area (Å²) in [5.74, 6) is 0.735. The molecule has 0 unspecified atom stereocenters. The summed E-state index contributed by atoms with van der Waals surface area (Å²) in [6.45, 7) is 1.85. The van der Waals surface area contributed by atoms with Gasteiger partial charge in [0, 0.05) is 21.1 Å². The van der Waals surface area contributed by atoms with Crippen molar-refractivity contribution in [3.63, 3.8) is 0 Å². The molecule has 1 aromatic carbocycles. The number of carbonyl (C=O) groups is 3. The van der Waals surface area contributed by atoms with Crippen LogP contribution in [0.1, 0.15) is 31.4 Å². The Hall–Kier alpha value is -3.58. The van der Waals surface area contributed by atoms with Gasteiger partial charge in [-0.25, -0.2) is 4.79 Å². The third-order valence-corrected chi connectivity index (χ3v) is 7.29. The second-order valence-corrected chi connectivity index (χ2v) is 9.67. The van der Waals surface area contributed by atoms with E-state index in [1.807, 2.05) is 0 Å². The quantitative estimate of drug-likeness (QED) is 0.309. The minimum absolute atomic E-state index is 0.0137. The fraction of sp³-hybridized carbons (Fsp3) is 0.348. The van der Waals surface area contributed by atoms with Gasteiger partial charge in [0.05, 0.1) is 30.4 Å². The van der Waals surface area contributed by atoms with E-state index in [-0.39, 0.29) is 34.7 Å². The Morgan fingerprint density at radius 1 is 1.11 bits per heavy atom. The van der Waals surface area contributed by atoms with Gasteiger partial charge in [-0.3, -0.25) is 9.59 Å². The average molecular weight is 534 g/mol. The molecule has 2 aromatic heterocycles. The number of anilines is 1. The zero-order valence-corrected chi connectivity index (χ0v) is 22.4. The van der Waals surface area contributed by atoms with Gasteiger partial charge in [-0.1, -0.05) is 11.8 Å². The molecule has 1 N–H and O–H groups in total. The molecule has 3 aromatic rings. The van der Waals surface area contributed by atoms with Gasteiger partial charge in [-0.2, -0.15) is 0 Å². The van der Waals surface area contributed by atoms with Crippen molar-refractivity contribution in [2.75, 3.05) is 39.4 Å². The summed E-state index contributed by atoms with van der Waals surface area (Å²) >= 11 is 2.22. The lowest BCUT2D eigenvalue weighted by atomic mass is 10.1. The predicted octanol–water partition coefficient (Wildman–Crippen LogP) is 2.99. The third-order valence-electron chi connectivity index (χ3n) is 5.07. The number of carbonyl (C=O) groups excluding carboxylic acids is 3. The summed E-state index contributed by atoms with van der Waals surface area (Å²) < 4.78 is 17.5. The Morgan fingerprint density at radius 2 is 1.78 bits per heavy atom. The zero-order valence-electron chi connectivity index (χ0n) is 20.8. The molecule has 192 valence electrons. The molecule has 0 spiro atoms. The van der Waals surface area contributed by atoms with E-state index in [0.717, 1.165) is 17.1 Å². The van der Waals surface area contributed by atoms with Gasteiger partial charge in [0.25, 0.3) is 5.91 Å². The number of hydrogen-bond donors (Lipinski definition) is 1. The molecule has 0 aliphatic heterocycles. The summed E-state index contributed by atoms with van der Waals surface area (Å²) in [5, 5.41) is 11.8. The molecule has 0 aliphatic carbocycles. The van der Waals surface area contributed by atoms with E-state index in [9.17, 15) is 14.4 Å². The van der Waals surface area contributed by atoms with Crippen LogP contribution in [0.15, 0.2) is 29.4 Å². The zero-order chi connectivity index (χ0) is 26.4. The first kappa shape index (κ1) is 27.0. The van der Waals surface area contributed by atoms with Gasteiger partial charge in [-0.15, -0.1) is 21.5 Å². The molecule has 0 saturated heterocycles. The number of hydrogen-bond acceptors (Lipinski definition) is 10. The number of methoxy groups -OCH3 is 2. The van der Waals surface area contributed by atoms with Crippen LogP contribution < -0.4 is 14.8 Å². The number of amides is 2. The molecule has 13 heteroatoms. The summed E-state index contributed by atoms with van der Waals surface area (Å²) in [6, 6.07) is 7.18. The van der Waals surface area contributed by atoms with Crippen LogP contribution in [-0.4, -0.2) is 71.5 Å². The summed E-state index contributed by atoms with van der Waals surface area (Å²) in [6.07, 6.45) is 0. The van der Waals surface area contributed by atoms with E-state index < -0.39 is 5.97 Å². The number of thiophene rings is 1. The first-order valence-electron chi connectivity index (χ1n) is 10.7. The molecule has 0 aliphatic rings. The van der Waals surface area contributed by atoms with E-state index >= 15 is 0 Å². The first-order valence-corrected chi connectivity index (χ1v) is 12.5. The molecule has 0 atom stereocenters. The minimum atomic E-state index is -0.626. The maximum atomic E-state index is 12.7. The van der Waals surface area contributed by atoms with Crippen molar-refractivity contribution in [3.8, 4) is 11.5 Å². The van der Waals surface area contributed by atoms with Crippen molar-refractivity contribution in [3.05, 3.63) is 46.1 Å². The molecule has 2 heterocycles. The number of nitrogens with zero attached hydrogens (tertiary/aromatic N) is 4. The molecule has 3 rings (SSSR count). The number of thioether (sulfide) groups is 1. The highest BCUT2D eigenvalue weighted by atomic mass is 32.2. The highest BCUT2D eigenvalue weighted by molar-refractivity contribution is 7.99. The van der Waals surface area contributed by atoms with Gasteiger partial charge in [0.1, 0.15) is 23.1 Å². The monoisotopic (exact) mass is 533 g/mol. The normalized spacial score (nSPS) is 10.6. The van der Waals surface area contributed by atoms with Gasteiger partial charge in [0.2, 0.25) is 5.91 Å². The Balaban J connectivity index is 1.64. The van der Waals surface area contributed by atoms with Crippen LogP contribution in [0, 0.1) is 6.92 Å². The van der Waals surface area contributed by atoms with Crippen LogP contribution in [0.25, 0.3) is 0 Å². The van der Waals surface area contributed by atoms with Gasteiger partial charge in [-0.05, 0) is 36.8 Å². The number of aromatic nitrogens is 3. The maximum Gasteiger partial charge on any atom is 0.341 e. The molecule has 36 heavy (non-hydrogen) atoms. The predicted molar refractivity (Wildman–Crippen MR) is 136 cm³/mol. The van der Waals surface area contributed by atoms with Gasteiger partial charge < -0.3 is 29.0 Å². The second kappa shape index (κ2) is 11.9. The van der Waals surface area contributed by atoms with E-state index in [4.69, 9.17) is 14.2 Å². The van der Waals surface area contributed by atoms with Crippen molar-refractivity contribution in [2.24, 2.45) is 7.05 Å². The highest BCUT2D eigenvalue weighted by Gasteiger charge is 2.27. The number of nitrogens with one attached hydrogen (secondary N) is 1. The van der Waals surface area contributed by atoms with E-state index in [0.29, 0.717) is 27.2 Å². The molecule has 0 radical (unpaired) electrons. The van der Waals surface area contributed by atoms with Crippen molar-refractivity contribution in [1.29, 1.82) is 0 Å². The Morgan fingerprint density at radius 3 is 2.39 bits per heavy atom. The van der Waals surface area contributed by atoms with Crippen LogP contribution in [0.4, 0.5) is 5.00 Å². The summed E-state index contributed by atoms with van der Waals surface area (Å²) in [4.78, 5) is 39.3. The standard InChI is InChI=1S/C23H27N5O6S2/c1-13-18(22(31)33-6)20(36-19(13)21(30)27(2)3)24-17(29)12-35-23-26-25-16(28(23)4)11-34-15-9-7-14(32-5)8-10-15/h7-10H,11-12H2,1-6H3,(H,24,29). The Kier molecular flexibility index (Phi) is 8.93. The average Bonchev–Trinajstić information content (AvgIpc) is 3.39. The number of benzene rings is 1. The molecular formula is C23H27N5O6S2. The number of esters is 1. The van der Waals surface area contributed by atoms with E-state index in [1.165, 1.54) is 23.8 Å². The lowest BCUT2D eigenvalue weighted by Gasteiger charge is -2.08. The van der Waals surface area contributed by atoms with E-state index in [1.54, 1.807) is 64.0 Å². The summed E-state index contributed by atoms with van der Waals surface area (Å²) in [5.41, 5.74) is 0.631. The fourth-order valence-corrected chi connectivity index (χ4v) is 5.03. The lowest BCUT2D eigenvalue weighted by Crippen LogP contribution is -2.21. The first-order chi connectivity index (χ1) is 17.2. The van der Waals surface area contributed by atoms with Crippen molar-refractivity contribution in [1.82, 2.24) is 19.7 Å². The van der Waals surface area contributed by atoms with Crippen molar-refractivity contribution in [2.45, 2.75) is 18.7 Å². The maximum absolute atomic E-state index is 12.7. The minimum Gasteiger partial charge on any atom is -0.497 e.